The number of nitrogens with zero attached hydrogens (tertiary/aromatic N) is 5. The quantitative estimate of drug-likeness (QED) is 0.317. The van der Waals surface area contributed by atoms with Gasteiger partial charge in [0.15, 0.2) is 0 Å². The second-order valence-electron chi connectivity index (χ2n) is 11.1. The van der Waals surface area contributed by atoms with Crippen LogP contribution in [0, 0.1) is 0 Å². The SMILES string of the molecule is CCn1nccc1C(=O)N[C@H](C=O)C1(Nc2ncccc2CN2C[C@@H](C(F)(F)F)N(C3CC3)C2=O)CCC(F)(F)CC1. The van der Waals surface area contributed by atoms with Crippen molar-refractivity contribution in [3.63, 3.8) is 0 Å². The molecule has 1 aliphatic heterocycles. The van der Waals surface area contributed by atoms with E-state index in [1.807, 2.05) is 0 Å². The highest BCUT2D eigenvalue weighted by atomic mass is 19.4. The summed E-state index contributed by atoms with van der Waals surface area (Å²) in [4.78, 5) is 44.9. The number of anilines is 1. The first kappa shape index (κ1) is 29.7. The van der Waals surface area contributed by atoms with E-state index in [9.17, 15) is 36.3 Å². The van der Waals surface area contributed by atoms with E-state index >= 15 is 0 Å². The van der Waals surface area contributed by atoms with Gasteiger partial charge >= 0.3 is 12.2 Å². The summed E-state index contributed by atoms with van der Waals surface area (Å²) >= 11 is 0. The molecule has 42 heavy (non-hydrogen) atoms. The Morgan fingerprint density at radius 3 is 2.50 bits per heavy atom. The number of carbonyl (C=O) groups is 3. The van der Waals surface area contributed by atoms with Crippen molar-refractivity contribution < 1.29 is 36.3 Å². The third-order valence-electron chi connectivity index (χ3n) is 8.30. The minimum Gasteiger partial charge on any atom is -0.362 e. The second kappa shape index (κ2) is 11.1. The Bertz CT molecular complexity index is 1320. The number of alkyl halides is 5. The van der Waals surface area contributed by atoms with Crippen LogP contribution in [0.25, 0.3) is 0 Å². The number of aryl methyl sites for hydroxylation is 1. The molecule has 3 fully saturated rings. The molecule has 0 radical (unpaired) electrons. The Kier molecular flexibility index (Phi) is 7.88. The molecule has 2 aromatic heterocycles. The van der Waals surface area contributed by atoms with Crippen LogP contribution in [0.5, 0.6) is 0 Å². The number of hydrogen-bond donors (Lipinski definition) is 2. The summed E-state index contributed by atoms with van der Waals surface area (Å²) in [5, 5.41) is 9.82. The lowest BCUT2D eigenvalue weighted by molar-refractivity contribution is -0.170. The van der Waals surface area contributed by atoms with E-state index in [1.165, 1.54) is 23.1 Å². The maximum Gasteiger partial charge on any atom is 0.410 e. The van der Waals surface area contributed by atoms with Crippen LogP contribution in [0.2, 0.25) is 0 Å². The highest BCUT2D eigenvalue weighted by Crippen LogP contribution is 2.43. The smallest absolute Gasteiger partial charge is 0.362 e. The van der Waals surface area contributed by atoms with Crippen LogP contribution in [-0.4, -0.2) is 85.1 Å². The van der Waals surface area contributed by atoms with Crippen molar-refractivity contribution in [2.24, 2.45) is 0 Å². The third kappa shape index (κ3) is 5.91. The van der Waals surface area contributed by atoms with Gasteiger partial charge in [0.2, 0.25) is 5.92 Å². The normalized spacial score (nSPS) is 22.6. The number of carbonyl (C=O) groups excluding carboxylic acids is 3. The molecule has 2 aromatic rings. The molecular weight excluding hydrogens is 565 g/mol. The van der Waals surface area contributed by atoms with Gasteiger partial charge in [0.1, 0.15) is 29.9 Å². The van der Waals surface area contributed by atoms with Crippen molar-refractivity contribution in [3.8, 4) is 0 Å². The third-order valence-corrected chi connectivity index (χ3v) is 8.30. The van der Waals surface area contributed by atoms with E-state index in [0.717, 1.165) is 9.80 Å². The number of nitrogens with one attached hydrogen (secondary N) is 2. The standard InChI is InChI=1S/C27H32F5N7O3/c1-2-38-19(7-13-34-38)23(41)35-20(16-40)25(8-10-26(28,29)11-9-25)36-22-17(4-3-12-33-22)14-37-15-21(27(30,31)32)39(24(37)42)18-5-6-18/h3-4,7,12-13,16,18,20-21H,2,5-6,8-11,14-15H2,1H3,(H,33,36)(H,35,41)/t20-,21+/m1/s1. The molecule has 2 saturated carbocycles. The molecule has 15 heteroatoms. The highest BCUT2D eigenvalue weighted by molar-refractivity contribution is 5.94. The van der Waals surface area contributed by atoms with Crippen molar-refractivity contribution in [2.75, 3.05) is 11.9 Å². The largest absolute Gasteiger partial charge is 0.410 e. The Balaban J connectivity index is 1.41. The fourth-order valence-electron chi connectivity index (χ4n) is 5.82. The fourth-order valence-corrected chi connectivity index (χ4v) is 5.82. The fraction of sp³-hybridized carbons (Fsp3) is 0.593. The van der Waals surface area contributed by atoms with Gasteiger partial charge in [0.05, 0.1) is 18.6 Å². The van der Waals surface area contributed by atoms with Gasteiger partial charge in [-0.3, -0.25) is 9.48 Å². The lowest BCUT2D eigenvalue weighted by atomic mass is 9.75. The molecule has 10 nitrogen and oxygen atoms in total. The van der Waals surface area contributed by atoms with Crippen molar-refractivity contribution in [2.45, 2.75) is 94.3 Å². The van der Waals surface area contributed by atoms with E-state index in [1.54, 1.807) is 19.1 Å². The van der Waals surface area contributed by atoms with E-state index < -0.39 is 67.1 Å². The van der Waals surface area contributed by atoms with E-state index in [0.29, 0.717) is 31.2 Å². The van der Waals surface area contributed by atoms with Gasteiger partial charge in [0.25, 0.3) is 5.91 Å². The average Bonchev–Trinajstić information content (AvgIpc) is 3.56. The monoisotopic (exact) mass is 597 g/mol. The van der Waals surface area contributed by atoms with Crippen molar-refractivity contribution in [1.29, 1.82) is 0 Å². The Morgan fingerprint density at radius 1 is 1.17 bits per heavy atom. The number of halogens is 5. The second-order valence-corrected chi connectivity index (χ2v) is 11.1. The summed E-state index contributed by atoms with van der Waals surface area (Å²) < 4.78 is 71.4. The van der Waals surface area contributed by atoms with Gasteiger partial charge in [0, 0.05) is 43.4 Å². The molecule has 228 valence electrons. The number of hydrogen-bond acceptors (Lipinski definition) is 6. The van der Waals surface area contributed by atoms with Gasteiger partial charge in [-0.15, -0.1) is 0 Å². The summed E-state index contributed by atoms with van der Waals surface area (Å²) in [7, 11) is 0. The Morgan fingerprint density at radius 2 is 1.88 bits per heavy atom. The molecule has 2 aliphatic carbocycles. The van der Waals surface area contributed by atoms with Gasteiger partial charge in [-0.2, -0.15) is 18.3 Å². The Hall–Kier alpha value is -3.78. The lowest BCUT2D eigenvalue weighted by Gasteiger charge is -2.44. The molecule has 5 rings (SSSR count). The first-order valence-electron chi connectivity index (χ1n) is 13.9. The van der Waals surface area contributed by atoms with E-state index in [-0.39, 0.29) is 30.9 Å². The van der Waals surface area contributed by atoms with Gasteiger partial charge in [-0.1, -0.05) is 6.07 Å². The molecule has 0 bridgehead atoms. The molecular formula is C27H32F5N7O3. The molecule has 3 amide bonds. The predicted molar refractivity (Wildman–Crippen MR) is 140 cm³/mol. The summed E-state index contributed by atoms with van der Waals surface area (Å²) in [5.74, 6) is -3.46. The molecule has 0 spiro atoms. The topological polar surface area (TPSA) is 112 Å². The first-order chi connectivity index (χ1) is 19.9. The van der Waals surface area contributed by atoms with Gasteiger partial charge in [-0.05, 0) is 44.7 Å². The minimum atomic E-state index is -4.59. The number of amides is 3. The maximum atomic E-state index is 14.3. The zero-order chi connectivity index (χ0) is 30.3. The van der Waals surface area contributed by atoms with Crippen LogP contribution >= 0.6 is 0 Å². The molecule has 0 aromatic carbocycles. The number of rotatable bonds is 10. The molecule has 1 saturated heterocycles. The first-order valence-corrected chi connectivity index (χ1v) is 13.9. The van der Waals surface area contributed by atoms with Crippen LogP contribution in [0.3, 0.4) is 0 Å². The molecule has 2 atom stereocenters. The predicted octanol–water partition coefficient (Wildman–Crippen LogP) is 3.99. The van der Waals surface area contributed by atoms with Crippen LogP contribution in [-0.2, 0) is 17.9 Å². The summed E-state index contributed by atoms with van der Waals surface area (Å²) in [6, 6.07) is 0.228. The maximum absolute atomic E-state index is 14.3. The van der Waals surface area contributed by atoms with Crippen LogP contribution in [0.4, 0.5) is 32.6 Å². The van der Waals surface area contributed by atoms with Crippen LogP contribution in [0.15, 0.2) is 30.6 Å². The lowest BCUT2D eigenvalue weighted by Crippen LogP contribution is -2.61. The van der Waals surface area contributed by atoms with Crippen molar-refractivity contribution in [1.82, 2.24) is 29.9 Å². The van der Waals surface area contributed by atoms with Crippen molar-refractivity contribution in [3.05, 3.63) is 41.9 Å². The summed E-state index contributed by atoms with van der Waals surface area (Å²) in [6.07, 6.45) is -1.80. The average molecular weight is 598 g/mol. The molecule has 3 aliphatic rings. The van der Waals surface area contributed by atoms with Crippen molar-refractivity contribution >= 4 is 24.0 Å². The van der Waals surface area contributed by atoms with Crippen LogP contribution in [0.1, 0.15) is 61.5 Å². The number of urea groups is 1. The van der Waals surface area contributed by atoms with Gasteiger partial charge in [-0.25, -0.2) is 18.6 Å². The number of aromatic nitrogens is 3. The molecule has 2 N–H and O–H groups in total. The summed E-state index contributed by atoms with van der Waals surface area (Å²) in [5.41, 5.74) is -0.852. The number of aldehydes is 1. The minimum absolute atomic E-state index is 0.128. The molecule has 0 unspecified atom stereocenters. The number of pyridine rings is 1. The van der Waals surface area contributed by atoms with Gasteiger partial charge < -0.3 is 25.2 Å². The molecule has 3 heterocycles. The highest BCUT2D eigenvalue weighted by Gasteiger charge is 2.56. The van der Waals surface area contributed by atoms with E-state index in [4.69, 9.17) is 0 Å². The summed E-state index contributed by atoms with van der Waals surface area (Å²) in [6.45, 7) is 1.40. The van der Waals surface area contributed by atoms with E-state index in [2.05, 4.69) is 20.7 Å². The zero-order valence-corrected chi connectivity index (χ0v) is 22.9. The zero-order valence-electron chi connectivity index (χ0n) is 22.9. The Labute approximate surface area is 238 Å². The van der Waals surface area contributed by atoms with Crippen LogP contribution < -0.4 is 10.6 Å².